The highest BCUT2D eigenvalue weighted by Gasteiger charge is 2.53. The van der Waals surface area contributed by atoms with E-state index in [4.69, 9.17) is 51.6 Å². The standard InChI is InChI=1S/C75H73NO13S/c77-90(78,89-65-43-41-56(42-44-65)45-76-64-39-23-8-24-40-64)55-68-70(82-49-60-31-15-4-16-32-60)72(83-50-61-33-17-5-18-34-61)71(67(86-68)54-80-47-58-27-11-2-12-28-58)88-75-74(85-52-63-37-21-7-22-38-63)73(84-51-62-35-19-6-20-36-62)69(81-48-59-29-13-3-14-30-59)66(87-75)53-79-46-57-25-9-1-10-26-57/h1-45,66-68,70-72,74-75H,46-55H2/t66?,67?,68-,70?,71+,72?,74?,75-/m0/s1. The molecule has 2 aliphatic heterocycles. The van der Waals surface area contributed by atoms with Gasteiger partial charge in [-0.1, -0.05) is 231 Å². The number of hydrogen-bond donors (Lipinski definition) is 0. The Morgan fingerprint density at radius 3 is 1.29 bits per heavy atom. The predicted octanol–water partition coefficient (Wildman–Crippen LogP) is 13.9. The van der Waals surface area contributed by atoms with Crippen LogP contribution in [0.3, 0.4) is 0 Å². The SMILES string of the molecule is O=S(=O)(C[C@@H]1OC(COCc2ccccc2)[C@@H](O[C@@H]2OC(COCc3ccccc3)C(OCc3ccccc3)=C(OCc3ccccc3)C2OCc2ccccc2)C(OCc2ccccc2)C1OCc1ccccc1)Oc1ccc(C=Nc2ccccc2)cc1. The van der Waals surface area contributed by atoms with Gasteiger partial charge in [-0.2, -0.15) is 8.42 Å². The molecule has 8 atom stereocenters. The molecule has 14 nitrogen and oxygen atoms in total. The van der Waals surface area contributed by atoms with Crippen molar-refractivity contribution in [2.24, 2.45) is 4.99 Å². The van der Waals surface area contributed by atoms with Gasteiger partial charge in [-0.15, -0.1) is 0 Å². The number of aliphatic imine (C=N–C) groups is 1. The van der Waals surface area contributed by atoms with Crippen molar-refractivity contribution in [3.8, 4) is 5.75 Å². The largest absolute Gasteiger partial charge is 0.487 e. The molecule has 2 heterocycles. The molecule has 0 saturated carbocycles. The summed E-state index contributed by atoms with van der Waals surface area (Å²) in [4.78, 5) is 4.55. The van der Waals surface area contributed by atoms with Crippen LogP contribution in [0.5, 0.6) is 5.75 Å². The molecule has 1 fully saturated rings. The molecule has 11 rings (SSSR count). The number of para-hydroxylation sites is 1. The van der Waals surface area contributed by atoms with Crippen molar-refractivity contribution in [1.82, 2.24) is 0 Å². The first-order valence-corrected chi connectivity index (χ1v) is 31.8. The average Bonchev–Trinajstić information content (AvgIpc) is 0.869. The Kier molecular flexibility index (Phi) is 22.9. The minimum atomic E-state index is -4.46. The van der Waals surface area contributed by atoms with Gasteiger partial charge in [-0.25, -0.2) is 0 Å². The Morgan fingerprint density at radius 1 is 0.389 bits per heavy atom. The van der Waals surface area contributed by atoms with Gasteiger partial charge < -0.3 is 51.6 Å². The first-order valence-electron chi connectivity index (χ1n) is 30.2. The van der Waals surface area contributed by atoms with E-state index in [9.17, 15) is 8.42 Å². The lowest BCUT2D eigenvalue weighted by Crippen LogP contribution is -2.64. The van der Waals surface area contributed by atoms with Crippen LogP contribution in [0.15, 0.2) is 283 Å². The number of rotatable bonds is 31. The first kappa shape index (κ1) is 63.0. The zero-order chi connectivity index (χ0) is 61.4. The Hall–Kier alpha value is -8.58. The second-order valence-corrected chi connectivity index (χ2v) is 23.4. The van der Waals surface area contributed by atoms with Crippen molar-refractivity contribution in [3.63, 3.8) is 0 Å². The van der Waals surface area contributed by atoms with Gasteiger partial charge in [0.05, 0.1) is 51.9 Å². The highest BCUT2D eigenvalue weighted by molar-refractivity contribution is 7.87. The third-order valence-corrected chi connectivity index (χ3v) is 16.2. The molecule has 1 saturated heterocycles. The topological polar surface area (TPSA) is 148 Å². The third kappa shape index (κ3) is 18.7. The van der Waals surface area contributed by atoms with Crippen LogP contribution in [0.4, 0.5) is 5.69 Å². The van der Waals surface area contributed by atoms with Gasteiger partial charge in [0.15, 0.2) is 23.9 Å². The van der Waals surface area contributed by atoms with Crippen LogP contribution < -0.4 is 4.18 Å². The summed E-state index contributed by atoms with van der Waals surface area (Å²) < 4.78 is 106. The predicted molar refractivity (Wildman–Crippen MR) is 343 cm³/mol. The Labute approximate surface area is 527 Å². The molecule has 5 unspecified atom stereocenters. The summed E-state index contributed by atoms with van der Waals surface area (Å²) in [6.07, 6.45) is -7.27. The molecule has 0 radical (unpaired) electrons. The van der Waals surface area contributed by atoms with Gasteiger partial charge in [0, 0.05) is 6.21 Å². The van der Waals surface area contributed by atoms with Crippen LogP contribution >= 0.6 is 0 Å². The molecule has 90 heavy (non-hydrogen) atoms. The molecule has 15 heteroatoms. The summed E-state index contributed by atoms with van der Waals surface area (Å²) >= 11 is 0. The summed E-state index contributed by atoms with van der Waals surface area (Å²) in [7, 11) is -4.46. The van der Waals surface area contributed by atoms with E-state index in [0.29, 0.717) is 11.5 Å². The summed E-state index contributed by atoms with van der Waals surface area (Å²) in [5, 5.41) is 0. The Bertz CT molecular complexity index is 3710. The first-order chi connectivity index (χ1) is 44.3. The van der Waals surface area contributed by atoms with Crippen molar-refractivity contribution in [3.05, 3.63) is 323 Å². The molecule has 462 valence electrons. The highest BCUT2D eigenvalue weighted by atomic mass is 32.2. The minimum Gasteiger partial charge on any atom is -0.487 e. The number of benzene rings is 9. The zero-order valence-electron chi connectivity index (χ0n) is 49.8. The van der Waals surface area contributed by atoms with Crippen LogP contribution in [0.25, 0.3) is 0 Å². The number of ether oxygens (including phenoxy) is 10. The lowest BCUT2D eigenvalue weighted by Gasteiger charge is -2.48. The van der Waals surface area contributed by atoms with E-state index in [-0.39, 0.29) is 65.2 Å². The molecule has 0 amide bonds. The number of hydrogen-bond acceptors (Lipinski definition) is 14. The Morgan fingerprint density at radius 2 is 0.800 bits per heavy atom. The van der Waals surface area contributed by atoms with E-state index in [1.165, 1.54) is 0 Å². The maximum atomic E-state index is 14.7. The van der Waals surface area contributed by atoms with Gasteiger partial charge in [-0.3, -0.25) is 4.99 Å². The Balaban J connectivity index is 0.994. The summed E-state index contributed by atoms with van der Waals surface area (Å²) in [5.74, 6) is 0.154. The van der Waals surface area contributed by atoms with E-state index in [2.05, 4.69) is 4.99 Å². The molecule has 0 aromatic heterocycles. The van der Waals surface area contributed by atoms with Crippen molar-refractivity contribution < 1.29 is 60.0 Å². The normalized spacial score (nSPS) is 20.2. The van der Waals surface area contributed by atoms with Crippen LogP contribution in [-0.2, 0) is 104 Å². The van der Waals surface area contributed by atoms with Gasteiger partial charge in [-0.05, 0) is 80.9 Å². The van der Waals surface area contributed by atoms with Crippen molar-refractivity contribution >= 4 is 22.0 Å². The summed E-state index contributed by atoms with van der Waals surface area (Å²) in [6, 6.07) is 84.7. The molecule has 2 aliphatic rings. The molecule has 0 N–H and O–H groups in total. The van der Waals surface area contributed by atoms with Crippen molar-refractivity contribution in [2.75, 3.05) is 19.0 Å². The van der Waals surface area contributed by atoms with Gasteiger partial charge in [0.2, 0.25) is 0 Å². The molecule has 0 aliphatic carbocycles. The van der Waals surface area contributed by atoms with Crippen LogP contribution in [0.2, 0.25) is 0 Å². The fraction of sp³-hybridized carbons (Fsp3) is 0.240. The van der Waals surface area contributed by atoms with Gasteiger partial charge in [0.25, 0.3) is 0 Å². The fourth-order valence-corrected chi connectivity index (χ4v) is 11.7. The summed E-state index contributed by atoms with van der Waals surface area (Å²) in [5.41, 5.74) is 7.77. The zero-order valence-corrected chi connectivity index (χ0v) is 50.6. The summed E-state index contributed by atoms with van der Waals surface area (Å²) in [6.45, 7) is 0.912. The second-order valence-electron chi connectivity index (χ2n) is 21.8. The van der Waals surface area contributed by atoms with Crippen molar-refractivity contribution in [2.45, 2.75) is 95.3 Å². The maximum absolute atomic E-state index is 14.7. The molecule has 0 bridgehead atoms. The lowest BCUT2D eigenvalue weighted by molar-refractivity contribution is -0.325. The molecular weight excluding hydrogens is 1150 g/mol. The minimum absolute atomic E-state index is 0.00788. The van der Waals surface area contributed by atoms with Crippen LogP contribution in [0.1, 0.15) is 44.5 Å². The van der Waals surface area contributed by atoms with Gasteiger partial charge in [0.1, 0.15) is 61.3 Å². The maximum Gasteiger partial charge on any atom is 0.311 e. The van der Waals surface area contributed by atoms with Gasteiger partial charge >= 0.3 is 10.1 Å². The number of nitrogens with zero attached hydrogens (tertiary/aromatic N) is 1. The fourth-order valence-electron chi connectivity index (χ4n) is 10.5. The van der Waals surface area contributed by atoms with E-state index in [1.807, 2.05) is 243 Å². The van der Waals surface area contributed by atoms with E-state index >= 15 is 0 Å². The smallest absolute Gasteiger partial charge is 0.311 e. The molecule has 9 aromatic carbocycles. The van der Waals surface area contributed by atoms with Crippen LogP contribution in [0, 0.1) is 0 Å². The average molecular weight is 1230 g/mol. The van der Waals surface area contributed by atoms with E-state index < -0.39 is 64.9 Å². The van der Waals surface area contributed by atoms with Crippen molar-refractivity contribution in [1.29, 1.82) is 0 Å². The van der Waals surface area contributed by atoms with Crippen LogP contribution in [-0.4, -0.2) is 82.6 Å². The molecule has 9 aromatic rings. The third-order valence-electron chi connectivity index (χ3n) is 15.0. The molecule has 0 spiro atoms. The second kappa shape index (κ2) is 32.8. The van der Waals surface area contributed by atoms with E-state index in [1.54, 1.807) is 30.5 Å². The monoisotopic (exact) mass is 1230 g/mol. The van der Waals surface area contributed by atoms with E-state index in [0.717, 1.165) is 50.2 Å². The quantitative estimate of drug-likeness (QED) is 0.0300. The lowest BCUT2D eigenvalue weighted by atomic mass is 9.94. The highest BCUT2D eigenvalue weighted by Crippen LogP contribution is 2.38. The molecular formula is C75H73NO13S.